The Kier molecular flexibility index (Phi) is 8.48. The second-order valence-corrected chi connectivity index (χ2v) is 7.17. The highest BCUT2D eigenvalue weighted by molar-refractivity contribution is 7.98. The van der Waals surface area contributed by atoms with Crippen molar-refractivity contribution in [3.63, 3.8) is 0 Å². The Bertz CT molecular complexity index is 771. The molecule has 0 saturated carbocycles. The van der Waals surface area contributed by atoms with Crippen molar-refractivity contribution in [1.29, 1.82) is 0 Å². The number of hydrogen-bond donors (Lipinski definition) is 1. The fourth-order valence-corrected chi connectivity index (χ4v) is 3.04. The predicted octanol–water partition coefficient (Wildman–Crippen LogP) is 3.86. The summed E-state index contributed by atoms with van der Waals surface area (Å²) in [7, 11) is 2.01. The van der Waals surface area contributed by atoms with E-state index in [1.807, 2.05) is 49.7 Å². The molecule has 1 N–H and O–H groups in total. The quantitative estimate of drug-likeness (QED) is 0.389. The van der Waals surface area contributed by atoms with Crippen molar-refractivity contribution in [2.24, 2.45) is 0 Å². The van der Waals surface area contributed by atoms with Crippen molar-refractivity contribution in [3.05, 3.63) is 59.1 Å². The Morgan fingerprint density at radius 1 is 1.19 bits per heavy atom. The lowest BCUT2D eigenvalue weighted by Crippen LogP contribution is -2.31. The summed E-state index contributed by atoms with van der Waals surface area (Å²) in [6.45, 7) is 0.991. The number of nitrogens with zero attached hydrogens (tertiary/aromatic N) is 1. The summed E-state index contributed by atoms with van der Waals surface area (Å²) in [6.07, 6.45) is 2.69. The maximum atomic E-state index is 12.1. The molecule has 0 aromatic heterocycles. The van der Waals surface area contributed by atoms with Gasteiger partial charge in [0.25, 0.3) is 5.91 Å². The molecule has 0 aliphatic carbocycles. The molecule has 144 valence electrons. The highest BCUT2D eigenvalue weighted by Crippen LogP contribution is 2.23. The van der Waals surface area contributed by atoms with Gasteiger partial charge in [0.2, 0.25) is 0 Å². The van der Waals surface area contributed by atoms with E-state index in [1.165, 1.54) is 11.8 Å². The fraction of sp³-hybridized carbons (Fsp3) is 0.300. The maximum Gasteiger partial charge on any atom is 0.340 e. The largest absolute Gasteiger partial charge is 0.452 e. The number of nitrogens with one attached hydrogen (secondary N) is 1. The lowest BCUT2D eigenvalue weighted by Gasteiger charge is -2.19. The van der Waals surface area contributed by atoms with E-state index in [1.54, 1.807) is 12.1 Å². The van der Waals surface area contributed by atoms with Crippen LogP contribution in [0.5, 0.6) is 0 Å². The third-order valence-electron chi connectivity index (χ3n) is 3.92. The van der Waals surface area contributed by atoms with Gasteiger partial charge in [0.05, 0.1) is 10.6 Å². The molecule has 0 aliphatic heterocycles. The summed E-state index contributed by atoms with van der Waals surface area (Å²) in [5.41, 5.74) is 1.39. The van der Waals surface area contributed by atoms with Gasteiger partial charge in [0.1, 0.15) is 0 Å². The van der Waals surface area contributed by atoms with Gasteiger partial charge >= 0.3 is 5.97 Å². The molecule has 0 aliphatic rings. The second-order valence-electron chi connectivity index (χ2n) is 5.88. The van der Waals surface area contributed by atoms with Gasteiger partial charge in [-0.05, 0) is 43.0 Å². The van der Waals surface area contributed by atoms with Gasteiger partial charge in [0, 0.05) is 30.7 Å². The number of esters is 1. The molecule has 0 radical (unpaired) electrons. The number of hydrogen-bond acceptors (Lipinski definition) is 5. The van der Waals surface area contributed by atoms with Gasteiger partial charge in [-0.3, -0.25) is 4.79 Å². The third-order valence-corrected chi connectivity index (χ3v) is 4.97. The number of carbonyl (C=O) groups excluding carboxylic acids is 2. The number of halogens is 1. The van der Waals surface area contributed by atoms with Crippen LogP contribution in [-0.2, 0) is 9.53 Å². The first-order valence-corrected chi connectivity index (χ1v) is 10.1. The summed E-state index contributed by atoms with van der Waals surface area (Å²) in [6, 6.07) is 15.2. The normalized spacial score (nSPS) is 10.3. The molecule has 2 rings (SSSR count). The molecular weight excluding hydrogens is 384 g/mol. The minimum atomic E-state index is -0.602. The zero-order valence-corrected chi connectivity index (χ0v) is 17.0. The lowest BCUT2D eigenvalue weighted by molar-refractivity contribution is -0.124. The van der Waals surface area contributed by atoms with Crippen LogP contribution >= 0.6 is 23.4 Å². The van der Waals surface area contributed by atoms with Gasteiger partial charge in [-0.15, -0.1) is 11.8 Å². The van der Waals surface area contributed by atoms with Gasteiger partial charge in [-0.1, -0.05) is 29.8 Å². The molecule has 0 unspecified atom stereocenters. The minimum Gasteiger partial charge on any atom is -0.452 e. The van der Waals surface area contributed by atoms with Gasteiger partial charge in [0.15, 0.2) is 6.61 Å². The number of ether oxygens (including phenoxy) is 1. The van der Waals surface area contributed by atoms with Crippen LogP contribution in [0, 0.1) is 0 Å². The predicted molar refractivity (Wildman–Crippen MR) is 111 cm³/mol. The number of amides is 1. The molecule has 5 nitrogen and oxygen atoms in total. The van der Waals surface area contributed by atoms with E-state index in [0.29, 0.717) is 11.6 Å². The smallest absolute Gasteiger partial charge is 0.340 e. The molecule has 27 heavy (non-hydrogen) atoms. The SMILES string of the molecule is CSc1ccc(Cl)c(C(=O)OCC(=O)NCCCN(C)c2ccccc2)c1. The Labute approximate surface area is 169 Å². The minimum absolute atomic E-state index is 0.265. The highest BCUT2D eigenvalue weighted by Gasteiger charge is 2.14. The molecule has 0 fully saturated rings. The Morgan fingerprint density at radius 2 is 1.93 bits per heavy atom. The van der Waals surface area contributed by atoms with E-state index in [2.05, 4.69) is 10.2 Å². The molecule has 1 amide bonds. The van der Waals surface area contributed by atoms with Crippen molar-refractivity contribution in [1.82, 2.24) is 5.32 Å². The Morgan fingerprint density at radius 3 is 2.63 bits per heavy atom. The number of rotatable bonds is 9. The van der Waals surface area contributed by atoms with Crippen molar-refractivity contribution < 1.29 is 14.3 Å². The number of para-hydroxylation sites is 1. The standard InChI is InChI=1S/C20H23ClN2O3S/c1-23(15-7-4-3-5-8-15)12-6-11-22-19(24)14-26-20(25)17-13-16(27-2)9-10-18(17)21/h3-5,7-10,13H,6,11-12,14H2,1-2H3,(H,22,24). The monoisotopic (exact) mass is 406 g/mol. The van der Waals surface area contributed by atoms with Gasteiger partial charge < -0.3 is 15.0 Å². The first-order chi connectivity index (χ1) is 13.0. The number of carbonyl (C=O) groups is 2. The number of thioether (sulfide) groups is 1. The van der Waals surface area contributed by atoms with Gasteiger partial charge in [-0.25, -0.2) is 4.79 Å². The van der Waals surface area contributed by atoms with Crippen LogP contribution in [0.25, 0.3) is 0 Å². The van der Waals surface area contributed by atoms with E-state index in [0.717, 1.165) is 23.5 Å². The van der Waals surface area contributed by atoms with E-state index in [4.69, 9.17) is 16.3 Å². The average molecular weight is 407 g/mol. The fourth-order valence-electron chi connectivity index (χ4n) is 2.40. The molecule has 0 atom stereocenters. The average Bonchev–Trinajstić information content (AvgIpc) is 2.70. The lowest BCUT2D eigenvalue weighted by atomic mass is 10.2. The van der Waals surface area contributed by atoms with Crippen LogP contribution < -0.4 is 10.2 Å². The van der Waals surface area contributed by atoms with Crippen LogP contribution in [0.4, 0.5) is 5.69 Å². The van der Waals surface area contributed by atoms with Crippen LogP contribution in [0.1, 0.15) is 16.8 Å². The van der Waals surface area contributed by atoms with Crippen molar-refractivity contribution >= 4 is 40.9 Å². The molecule has 2 aromatic carbocycles. The maximum absolute atomic E-state index is 12.1. The molecule has 7 heteroatoms. The van der Waals surface area contributed by atoms with Crippen LogP contribution in [0.2, 0.25) is 5.02 Å². The molecule has 0 saturated heterocycles. The van der Waals surface area contributed by atoms with Crippen molar-refractivity contribution in [3.8, 4) is 0 Å². The van der Waals surface area contributed by atoms with Crippen LogP contribution in [-0.4, -0.2) is 44.9 Å². The van der Waals surface area contributed by atoms with E-state index < -0.39 is 5.97 Å². The zero-order valence-electron chi connectivity index (χ0n) is 15.4. The second kappa shape index (κ2) is 10.8. The summed E-state index contributed by atoms with van der Waals surface area (Å²) >= 11 is 7.53. The number of benzene rings is 2. The third kappa shape index (κ3) is 6.81. The van der Waals surface area contributed by atoms with Crippen molar-refractivity contribution in [2.45, 2.75) is 11.3 Å². The van der Waals surface area contributed by atoms with Crippen LogP contribution in [0.15, 0.2) is 53.4 Å². The molecular formula is C20H23ClN2O3S. The van der Waals surface area contributed by atoms with Crippen molar-refractivity contribution in [2.75, 3.05) is 37.9 Å². The van der Waals surface area contributed by atoms with E-state index in [-0.39, 0.29) is 18.1 Å². The summed E-state index contributed by atoms with van der Waals surface area (Å²) < 4.78 is 5.06. The summed E-state index contributed by atoms with van der Waals surface area (Å²) in [5, 5.41) is 3.06. The molecule has 0 spiro atoms. The van der Waals surface area contributed by atoms with Crippen LogP contribution in [0.3, 0.4) is 0 Å². The highest BCUT2D eigenvalue weighted by atomic mass is 35.5. The molecule has 0 heterocycles. The summed E-state index contributed by atoms with van der Waals surface area (Å²) in [4.78, 5) is 27.0. The molecule has 0 bridgehead atoms. The summed E-state index contributed by atoms with van der Waals surface area (Å²) in [5.74, 6) is -0.933. The zero-order chi connectivity index (χ0) is 19.6. The van der Waals surface area contributed by atoms with E-state index >= 15 is 0 Å². The Hall–Kier alpha value is -2.18. The molecule has 2 aromatic rings. The van der Waals surface area contributed by atoms with E-state index in [9.17, 15) is 9.59 Å². The Balaban J connectivity index is 1.69. The van der Waals surface area contributed by atoms with Gasteiger partial charge in [-0.2, -0.15) is 0 Å². The number of anilines is 1. The topological polar surface area (TPSA) is 58.6 Å². The first-order valence-electron chi connectivity index (χ1n) is 8.55. The first kappa shape index (κ1) is 21.1.